The molecule has 5 nitrogen and oxygen atoms in total. The van der Waals surface area contributed by atoms with Gasteiger partial charge >= 0.3 is 0 Å². The molecule has 2 saturated heterocycles. The smallest absolute Gasteiger partial charge is 0.191 e. The van der Waals surface area contributed by atoms with Gasteiger partial charge in [0.2, 0.25) is 0 Å². The minimum Gasteiger partial charge on any atom is -0.489 e. The maximum absolute atomic E-state index is 13.0. The van der Waals surface area contributed by atoms with Crippen LogP contribution in [0.25, 0.3) is 0 Å². The van der Waals surface area contributed by atoms with Crippen molar-refractivity contribution in [3.63, 3.8) is 0 Å². The van der Waals surface area contributed by atoms with Crippen LogP contribution in [0.1, 0.15) is 39.0 Å². The zero-order valence-electron chi connectivity index (χ0n) is 16.0. The molecule has 0 saturated carbocycles. The molecule has 1 aromatic rings. The number of piperidine rings is 2. The molecule has 0 aromatic heterocycles. The lowest BCUT2D eigenvalue weighted by atomic mass is 9.82. The number of nitrogens with zero attached hydrogens (tertiary/aromatic N) is 2. The maximum atomic E-state index is 13.0. The average Bonchev–Trinajstić information content (AvgIpc) is 2.61. The number of guanidine groups is 1. The minimum absolute atomic E-state index is 0.0455. The third-order valence-electron chi connectivity index (χ3n) is 5.61. The van der Waals surface area contributed by atoms with Crippen molar-refractivity contribution in [2.45, 2.75) is 63.3 Å². The third kappa shape index (κ3) is 4.87. The Hall–Kier alpha value is -1.82. The van der Waals surface area contributed by atoms with Crippen molar-refractivity contribution in [1.82, 2.24) is 15.5 Å². The van der Waals surface area contributed by atoms with Gasteiger partial charge in [-0.1, -0.05) is 6.42 Å². The number of hydrogen-bond donors (Lipinski definition) is 2. The second-order valence-corrected chi connectivity index (χ2v) is 7.55. The second kappa shape index (κ2) is 8.71. The number of halogens is 1. The molecular weight excluding hydrogens is 331 g/mol. The summed E-state index contributed by atoms with van der Waals surface area (Å²) in [5.41, 5.74) is 0. The fourth-order valence-corrected chi connectivity index (χ4v) is 4.15. The van der Waals surface area contributed by atoms with E-state index in [1.807, 2.05) is 6.92 Å². The van der Waals surface area contributed by atoms with Gasteiger partial charge in [0.25, 0.3) is 0 Å². The molecule has 2 aliphatic heterocycles. The van der Waals surface area contributed by atoms with E-state index in [9.17, 15) is 4.39 Å². The minimum atomic E-state index is -0.254. The maximum Gasteiger partial charge on any atom is 0.191 e. The lowest BCUT2D eigenvalue weighted by Crippen LogP contribution is -2.57. The van der Waals surface area contributed by atoms with Crippen LogP contribution in [0.15, 0.2) is 29.3 Å². The third-order valence-corrected chi connectivity index (χ3v) is 5.61. The topological polar surface area (TPSA) is 48.9 Å². The summed E-state index contributed by atoms with van der Waals surface area (Å²) in [6.45, 7) is 2.63. The van der Waals surface area contributed by atoms with Crippen molar-refractivity contribution < 1.29 is 9.13 Å². The Morgan fingerprint density at radius 3 is 2.54 bits per heavy atom. The molecule has 26 heavy (non-hydrogen) atoms. The van der Waals surface area contributed by atoms with E-state index in [4.69, 9.17) is 4.74 Å². The van der Waals surface area contributed by atoms with Crippen LogP contribution >= 0.6 is 0 Å². The van der Waals surface area contributed by atoms with Crippen LogP contribution in [0.2, 0.25) is 0 Å². The van der Waals surface area contributed by atoms with Crippen LogP contribution in [-0.2, 0) is 0 Å². The molecule has 2 aliphatic rings. The van der Waals surface area contributed by atoms with Crippen molar-refractivity contribution in [2.24, 2.45) is 4.99 Å². The van der Waals surface area contributed by atoms with E-state index in [0.717, 1.165) is 5.96 Å². The highest BCUT2D eigenvalue weighted by atomic mass is 19.1. The van der Waals surface area contributed by atoms with Crippen LogP contribution in [0.3, 0.4) is 0 Å². The molecule has 0 amide bonds. The average molecular weight is 362 g/mol. The fourth-order valence-electron chi connectivity index (χ4n) is 4.15. The summed E-state index contributed by atoms with van der Waals surface area (Å²) < 4.78 is 18.8. The fraction of sp³-hybridized carbons (Fsp3) is 0.650. The Bertz CT molecular complexity index is 592. The quantitative estimate of drug-likeness (QED) is 0.625. The lowest BCUT2D eigenvalue weighted by molar-refractivity contribution is 0.0526. The van der Waals surface area contributed by atoms with Crippen LogP contribution in [0.4, 0.5) is 4.39 Å². The van der Waals surface area contributed by atoms with Gasteiger partial charge in [0.1, 0.15) is 17.7 Å². The molecule has 2 N–H and O–H groups in total. The molecule has 3 atom stereocenters. The van der Waals surface area contributed by atoms with Crippen LogP contribution in [0.5, 0.6) is 5.75 Å². The standard InChI is InChI=1S/C20H31FN4O/c1-14(26-19-9-7-15(21)8-10-19)13-23-20(22-2)24-16-11-17-5-4-6-18(12-16)25(17)3/h7-10,14,16-18H,4-6,11-13H2,1-3H3,(H2,22,23,24). The summed E-state index contributed by atoms with van der Waals surface area (Å²) in [6.07, 6.45) is 6.28. The lowest BCUT2D eigenvalue weighted by Gasteiger charge is -2.47. The van der Waals surface area contributed by atoms with Gasteiger partial charge in [-0.3, -0.25) is 4.99 Å². The van der Waals surface area contributed by atoms with Gasteiger partial charge < -0.3 is 20.3 Å². The van der Waals surface area contributed by atoms with Gasteiger partial charge in [-0.05, 0) is 63.9 Å². The normalized spacial score (nSPS) is 27.7. The first-order chi connectivity index (χ1) is 12.5. The Kier molecular flexibility index (Phi) is 6.35. The molecule has 0 radical (unpaired) electrons. The van der Waals surface area contributed by atoms with Gasteiger partial charge in [-0.15, -0.1) is 0 Å². The van der Waals surface area contributed by atoms with Crippen LogP contribution in [0, 0.1) is 5.82 Å². The SMILES string of the molecule is CN=C(NCC(C)Oc1ccc(F)cc1)NC1CC2CCCC(C1)N2C. The van der Waals surface area contributed by atoms with Crippen molar-refractivity contribution >= 4 is 5.96 Å². The predicted octanol–water partition coefficient (Wildman–Crippen LogP) is 2.77. The van der Waals surface area contributed by atoms with E-state index >= 15 is 0 Å². The highest BCUT2D eigenvalue weighted by Gasteiger charge is 2.36. The van der Waals surface area contributed by atoms with Crippen LogP contribution < -0.4 is 15.4 Å². The Balaban J connectivity index is 1.45. The first-order valence-corrected chi connectivity index (χ1v) is 9.66. The van der Waals surface area contributed by atoms with Crippen molar-refractivity contribution in [1.29, 1.82) is 0 Å². The van der Waals surface area contributed by atoms with Gasteiger partial charge in [0.15, 0.2) is 5.96 Å². The van der Waals surface area contributed by atoms with Crippen molar-refractivity contribution in [3.05, 3.63) is 30.1 Å². The van der Waals surface area contributed by atoms with Crippen molar-refractivity contribution in [2.75, 3.05) is 20.6 Å². The van der Waals surface area contributed by atoms with E-state index in [1.165, 1.54) is 44.2 Å². The van der Waals surface area contributed by atoms with E-state index in [2.05, 4.69) is 27.6 Å². The summed E-state index contributed by atoms with van der Waals surface area (Å²) in [6, 6.07) is 7.98. The molecule has 3 rings (SSSR count). The Morgan fingerprint density at radius 1 is 1.27 bits per heavy atom. The summed E-state index contributed by atoms with van der Waals surface area (Å²) in [4.78, 5) is 6.93. The number of nitrogens with one attached hydrogen (secondary N) is 2. The Morgan fingerprint density at radius 2 is 1.92 bits per heavy atom. The molecule has 0 spiro atoms. The van der Waals surface area contributed by atoms with E-state index < -0.39 is 0 Å². The van der Waals surface area contributed by atoms with E-state index in [-0.39, 0.29) is 11.9 Å². The molecule has 2 bridgehead atoms. The monoisotopic (exact) mass is 362 g/mol. The predicted molar refractivity (Wildman–Crippen MR) is 103 cm³/mol. The van der Waals surface area contributed by atoms with Gasteiger partial charge in [0, 0.05) is 25.2 Å². The first kappa shape index (κ1) is 19.0. The Labute approximate surface area is 156 Å². The summed E-state index contributed by atoms with van der Waals surface area (Å²) in [5.74, 6) is 1.24. The number of benzene rings is 1. The number of hydrogen-bond acceptors (Lipinski definition) is 3. The summed E-state index contributed by atoms with van der Waals surface area (Å²) >= 11 is 0. The molecule has 3 unspecified atom stereocenters. The van der Waals surface area contributed by atoms with E-state index in [1.54, 1.807) is 19.2 Å². The molecule has 144 valence electrons. The molecule has 0 aliphatic carbocycles. The largest absolute Gasteiger partial charge is 0.489 e. The molecular formula is C20H31FN4O. The number of ether oxygens (including phenoxy) is 1. The zero-order valence-corrected chi connectivity index (χ0v) is 16.0. The van der Waals surface area contributed by atoms with Crippen molar-refractivity contribution in [3.8, 4) is 5.75 Å². The van der Waals surface area contributed by atoms with Gasteiger partial charge in [-0.2, -0.15) is 0 Å². The highest BCUT2D eigenvalue weighted by Crippen LogP contribution is 2.32. The first-order valence-electron chi connectivity index (χ1n) is 9.66. The molecule has 1 aromatic carbocycles. The van der Waals surface area contributed by atoms with E-state index in [0.29, 0.717) is 30.4 Å². The number of rotatable bonds is 5. The number of fused-ring (bicyclic) bond motifs is 2. The second-order valence-electron chi connectivity index (χ2n) is 7.55. The number of aliphatic imine (C=N–C) groups is 1. The molecule has 2 heterocycles. The molecule has 2 fully saturated rings. The summed E-state index contributed by atoms with van der Waals surface area (Å²) in [5, 5.41) is 6.94. The highest BCUT2D eigenvalue weighted by molar-refractivity contribution is 5.80. The molecule has 6 heteroatoms. The summed E-state index contributed by atoms with van der Waals surface area (Å²) in [7, 11) is 4.07. The van der Waals surface area contributed by atoms with Gasteiger partial charge in [0.05, 0.1) is 6.54 Å². The van der Waals surface area contributed by atoms with Gasteiger partial charge in [-0.25, -0.2) is 4.39 Å². The zero-order chi connectivity index (χ0) is 18.5. The van der Waals surface area contributed by atoms with Crippen LogP contribution in [-0.4, -0.2) is 55.7 Å².